The molecule has 1 N–H and O–H groups in total. The van der Waals surface area contributed by atoms with Crippen LogP contribution >= 0.6 is 11.6 Å². The third-order valence-electron chi connectivity index (χ3n) is 3.22. The van der Waals surface area contributed by atoms with E-state index in [1.54, 1.807) is 13.8 Å². The first-order valence-electron chi connectivity index (χ1n) is 7.65. The minimum absolute atomic E-state index is 0.0212. The Hall–Kier alpha value is -2.52. The second-order valence-electron chi connectivity index (χ2n) is 5.00. The average molecular weight is 401 g/mol. The monoisotopic (exact) mass is 400 g/mol. The summed E-state index contributed by atoms with van der Waals surface area (Å²) >= 11 is 5.73. The van der Waals surface area contributed by atoms with Gasteiger partial charge >= 0.3 is 0 Å². The third-order valence-corrected chi connectivity index (χ3v) is 4.92. The maximum atomic E-state index is 12.6. The molecule has 0 aliphatic rings. The molecule has 0 saturated carbocycles. The molecule has 2 rings (SSSR count). The van der Waals surface area contributed by atoms with E-state index in [9.17, 15) is 18.5 Å². The summed E-state index contributed by atoms with van der Waals surface area (Å²) in [6.45, 7) is 4.30. The number of nitrogens with zero attached hydrogens (tertiary/aromatic N) is 1. The number of hydrogen-bond acceptors (Lipinski definition) is 6. The van der Waals surface area contributed by atoms with Gasteiger partial charge < -0.3 is 9.47 Å². The molecule has 0 spiro atoms. The van der Waals surface area contributed by atoms with Crippen molar-refractivity contribution >= 4 is 33.0 Å². The SMILES string of the molecule is CCOc1ccc(S(=O)(=O)Nc2ccc(Cl)c([N+](=O)[O-])c2)cc1OCC. The number of ether oxygens (including phenoxy) is 2. The van der Waals surface area contributed by atoms with Crippen molar-refractivity contribution in [3.8, 4) is 11.5 Å². The Morgan fingerprint density at radius 2 is 1.73 bits per heavy atom. The van der Waals surface area contributed by atoms with Gasteiger partial charge in [-0.25, -0.2) is 8.42 Å². The van der Waals surface area contributed by atoms with E-state index in [1.165, 1.54) is 30.3 Å². The van der Waals surface area contributed by atoms with Crippen LogP contribution in [0.2, 0.25) is 5.02 Å². The van der Waals surface area contributed by atoms with Gasteiger partial charge in [0.15, 0.2) is 11.5 Å². The Labute approximate surface area is 155 Å². The first-order chi connectivity index (χ1) is 12.3. The van der Waals surface area contributed by atoms with Gasteiger partial charge in [-0.3, -0.25) is 14.8 Å². The number of halogens is 1. The normalized spacial score (nSPS) is 11.0. The number of nitro benzene ring substituents is 1. The predicted molar refractivity (Wildman–Crippen MR) is 97.7 cm³/mol. The summed E-state index contributed by atoms with van der Waals surface area (Å²) in [7, 11) is -3.99. The van der Waals surface area contributed by atoms with Gasteiger partial charge in [0.05, 0.1) is 28.7 Å². The molecule has 2 aromatic rings. The molecule has 0 aliphatic heterocycles. The lowest BCUT2D eigenvalue weighted by Gasteiger charge is -2.13. The summed E-state index contributed by atoms with van der Waals surface area (Å²) in [4.78, 5) is 10.2. The van der Waals surface area contributed by atoms with E-state index in [4.69, 9.17) is 21.1 Å². The number of hydrogen-bond donors (Lipinski definition) is 1. The number of rotatable bonds is 8. The number of benzene rings is 2. The molecule has 0 atom stereocenters. The highest BCUT2D eigenvalue weighted by atomic mass is 35.5. The molecule has 0 aliphatic carbocycles. The molecule has 0 fully saturated rings. The molecule has 8 nitrogen and oxygen atoms in total. The number of nitro groups is 1. The van der Waals surface area contributed by atoms with Gasteiger partial charge in [-0.15, -0.1) is 0 Å². The van der Waals surface area contributed by atoms with Gasteiger partial charge in [-0.05, 0) is 38.1 Å². The van der Waals surface area contributed by atoms with Crippen molar-refractivity contribution in [1.29, 1.82) is 0 Å². The van der Waals surface area contributed by atoms with Gasteiger partial charge in [0.1, 0.15) is 5.02 Å². The van der Waals surface area contributed by atoms with E-state index in [1.807, 2.05) is 0 Å². The van der Waals surface area contributed by atoms with Crippen LogP contribution in [0.3, 0.4) is 0 Å². The Kier molecular flexibility index (Phi) is 6.27. The largest absolute Gasteiger partial charge is 0.490 e. The topological polar surface area (TPSA) is 108 Å². The fourth-order valence-electron chi connectivity index (χ4n) is 2.13. The molecule has 10 heteroatoms. The Bertz CT molecular complexity index is 917. The van der Waals surface area contributed by atoms with Crippen molar-refractivity contribution in [2.24, 2.45) is 0 Å². The van der Waals surface area contributed by atoms with Gasteiger partial charge in [0.2, 0.25) is 0 Å². The summed E-state index contributed by atoms with van der Waals surface area (Å²) in [5.41, 5.74) is -0.374. The minimum atomic E-state index is -3.99. The summed E-state index contributed by atoms with van der Waals surface area (Å²) in [6, 6.07) is 7.83. The third kappa shape index (κ3) is 4.55. The zero-order valence-electron chi connectivity index (χ0n) is 14.1. The first kappa shape index (κ1) is 19.8. The zero-order valence-corrected chi connectivity index (χ0v) is 15.6. The predicted octanol–water partition coefficient (Wildman–Crippen LogP) is 3.85. The van der Waals surface area contributed by atoms with Crippen LogP contribution in [0.1, 0.15) is 13.8 Å². The lowest BCUT2D eigenvalue weighted by molar-refractivity contribution is -0.384. The van der Waals surface area contributed by atoms with Crippen molar-refractivity contribution in [2.75, 3.05) is 17.9 Å². The van der Waals surface area contributed by atoms with Crippen LogP contribution in [-0.2, 0) is 10.0 Å². The highest BCUT2D eigenvalue weighted by Crippen LogP contribution is 2.32. The molecule has 0 heterocycles. The van der Waals surface area contributed by atoms with Crippen molar-refractivity contribution in [3.05, 3.63) is 51.5 Å². The Balaban J connectivity index is 2.37. The highest BCUT2D eigenvalue weighted by Gasteiger charge is 2.20. The van der Waals surface area contributed by atoms with E-state index in [2.05, 4.69) is 4.72 Å². The lowest BCUT2D eigenvalue weighted by atomic mass is 10.3. The molecule has 0 amide bonds. The summed E-state index contributed by atoms with van der Waals surface area (Å²) in [5.74, 6) is 0.717. The van der Waals surface area contributed by atoms with Crippen LogP contribution in [0.5, 0.6) is 11.5 Å². The molecule has 26 heavy (non-hydrogen) atoms. The smallest absolute Gasteiger partial charge is 0.289 e. The summed E-state index contributed by atoms with van der Waals surface area (Å²) in [5, 5.41) is 10.9. The fraction of sp³-hybridized carbons (Fsp3) is 0.250. The molecule has 0 radical (unpaired) electrons. The van der Waals surface area contributed by atoms with Crippen LogP contribution in [0.25, 0.3) is 0 Å². The van der Waals surface area contributed by atoms with Gasteiger partial charge in [-0.1, -0.05) is 11.6 Å². The number of anilines is 1. The first-order valence-corrected chi connectivity index (χ1v) is 9.51. The van der Waals surface area contributed by atoms with E-state index < -0.39 is 20.6 Å². The van der Waals surface area contributed by atoms with E-state index in [-0.39, 0.29) is 15.6 Å². The van der Waals surface area contributed by atoms with Gasteiger partial charge in [-0.2, -0.15) is 0 Å². The summed E-state index contributed by atoms with van der Waals surface area (Å²) in [6.07, 6.45) is 0. The van der Waals surface area contributed by atoms with E-state index in [0.717, 1.165) is 6.07 Å². The molecular formula is C16H17ClN2O6S. The minimum Gasteiger partial charge on any atom is -0.490 e. The number of sulfonamides is 1. The fourth-order valence-corrected chi connectivity index (χ4v) is 3.38. The molecule has 0 unspecified atom stereocenters. The molecule has 2 aromatic carbocycles. The second kappa shape index (κ2) is 8.24. The molecule has 140 valence electrons. The van der Waals surface area contributed by atoms with Gasteiger partial charge in [0, 0.05) is 12.1 Å². The van der Waals surface area contributed by atoms with Crippen molar-refractivity contribution in [3.63, 3.8) is 0 Å². The van der Waals surface area contributed by atoms with E-state index >= 15 is 0 Å². The second-order valence-corrected chi connectivity index (χ2v) is 7.09. The molecule has 0 aromatic heterocycles. The van der Waals surface area contributed by atoms with Gasteiger partial charge in [0.25, 0.3) is 15.7 Å². The highest BCUT2D eigenvalue weighted by molar-refractivity contribution is 7.92. The zero-order chi connectivity index (χ0) is 19.3. The summed E-state index contributed by atoms with van der Waals surface area (Å²) < 4.78 is 38.3. The standard InChI is InChI=1S/C16H17ClN2O6S/c1-3-24-15-8-6-12(10-16(15)25-4-2)26(22,23)18-11-5-7-13(17)14(9-11)19(20)21/h5-10,18H,3-4H2,1-2H3. The van der Waals surface area contributed by atoms with Crippen LogP contribution in [-0.4, -0.2) is 26.6 Å². The van der Waals surface area contributed by atoms with Crippen molar-refractivity contribution in [2.45, 2.75) is 18.7 Å². The average Bonchev–Trinajstić information content (AvgIpc) is 2.58. The Morgan fingerprint density at radius 1 is 1.08 bits per heavy atom. The lowest BCUT2D eigenvalue weighted by Crippen LogP contribution is -2.13. The van der Waals surface area contributed by atoms with Crippen LogP contribution < -0.4 is 14.2 Å². The molecule has 0 saturated heterocycles. The Morgan fingerprint density at radius 3 is 2.35 bits per heavy atom. The van der Waals surface area contributed by atoms with E-state index in [0.29, 0.717) is 24.7 Å². The quantitative estimate of drug-likeness (QED) is 0.532. The van der Waals surface area contributed by atoms with Crippen molar-refractivity contribution < 1.29 is 22.8 Å². The van der Waals surface area contributed by atoms with Crippen LogP contribution in [0, 0.1) is 10.1 Å². The maximum Gasteiger partial charge on any atom is 0.289 e. The van der Waals surface area contributed by atoms with Crippen molar-refractivity contribution in [1.82, 2.24) is 0 Å². The molecular weight excluding hydrogens is 384 g/mol. The van der Waals surface area contributed by atoms with Crippen LogP contribution in [0.4, 0.5) is 11.4 Å². The van der Waals surface area contributed by atoms with Crippen LogP contribution in [0.15, 0.2) is 41.3 Å². The molecule has 0 bridgehead atoms. The maximum absolute atomic E-state index is 12.6. The number of nitrogens with one attached hydrogen (secondary N) is 1.